The van der Waals surface area contributed by atoms with Gasteiger partial charge >= 0.3 is 0 Å². The van der Waals surface area contributed by atoms with E-state index in [2.05, 4.69) is 20.4 Å². The summed E-state index contributed by atoms with van der Waals surface area (Å²) in [6.45, 7) is 1.82. The zero-order chi connectivity index (χ0) is 23.1. The Bertz CT molecular complexity index is 1160. The van der Waals surface area contributed by atoms with Crippen molar-refractivity contribution in [2.24, 2.45) is 13.0 Å². The summed E-state index contributed by atoms with van der Waals surface area (Å²) in [6, 6.07) is 1.82. The molecule has 176 valence electrons. The number of nitrogens with two attached hydrogens (primary N) is 1. The molecule has 3 aromatic rings. The Morgan fingerprint density at radius 1 is 1.27 bits per heavy atom. The van der Waals surface area contributed by atoms with Crippen LogP contribution in [0.15, 0.2) is 24.8 Å². The zero-order valence-corrected chi connectivity index (χ0v) is 18.2. The predicted molar refractivity (Wildman–Crippen MR) is 117 cm³/mol. The maximum atomic E-state index is 12.8. The molecule has 2 saturated heterocycles. The molecular formula is C21H27N7O5. The first-order valence-electron chi connectivity index (χ1n) is 10.9. The van der Waals surface area contributed by atoms with Crippen LogP contribution < -0.4 is 11.1 Å². The Hall–Kier alpha value is -3.06. The van der Waals surface area contributed by atoms with Gasteiger partial charge in [-0.3, -0.25) is 9.48 Å². The highest BCUT2D eigenvalue weighted by Crippen LogP contribution is 2.37. The monoisotopic (exact) mass is 457 g/mol. The number of aliphatic hydroxyl groups excluding tert-OH is 2. The van der Waals surface area contributed by atoms with Gasteiger partial charge in [0.05, 0.1) is 11.1 Å². The molecule has 3 aromatic heterocycles. The van der Waals surface area contributed by atoms with Gasteiger partial charge in [0.2, 0.25) is 0 Å². The standard InChI is InChI=1S/C21H27N7O5/c1-27-5-2-13(26-27)12-9-28(19-14(12)18(22)24-10-25-19)21-16(30)15(29)17(33-21)20(31)23-8-11-3-6-32-7-4-11/h2,5,9-11,15-17,21,29-30H,3-4,6-8H2,1H3,(H,23,31)(H2,22,24,25)/t15-,16+,17-,21+/m0/s1. The van der Waals surface area contributed by atoms with Gasteiger partial charge in [0.1, 0.15) is 30.0 Å². The molecule has 0 spiro atoms. The number of hydrogen-bond acceptors (Lipinski definition) is 9. The van der Waals surface area contributed by atoms with Gasteiger partial charge in [-0.1, -0.05) is 0 Å². The third kappa shape index (κ3) is 3.95. The first-order chi connectivity index (χ1) is 15.9. The van der Waals surface area contributed by atoms with Gasteiger partial charge in [-0.2, -0.15) is 5.10 Å². The van der Waals surface area contributed by atoms with Crippen molar-refractivity contribution in [2.45, 2.75) is 37.4 Å². The quantitative estimate of drug-likeness (QED) is 0.398. The van der Waals surface area contributed by atoms with Gasteiger partial charge in [-0.05, 0) is 24.8 Å². The van der Waals surface area contributed by atoms with Crippen LogP contribution in [0, 0.1) is 5.92 Å². The van der Waals surface area contributed by atoms with Crippen molar-refractivity contribution >= 4 is 22.8 Å². The summed E-state index contributed by atoms with van der Waals surface area (Å²) in [6.07, 6.45) is 1.51. The van der Waals surface area contributed by atoms with E-state index in [9.17, 15) is 15.0 Å². The van der Waals surface area contributed by atoms with Crippen molar-refractivity contribution in [1.29, 1.82) is 0 Å². The molecule has 0 unspecified atom stereocenters. The number of ether oxygens (including phenoxy) is 2. The minimum atomic E-state index is -1.40. The summed E-state index contributed by atoms with van der Waals surface area (Å²) in [5.41, 5.74) is 7.84. The van der Waals surface area contributed by atoms with Crippen molar-refractivity contribution in [3.63, 3.8) is 0 Å². The number of carbonyl (C=O) groups is 1. The lowest BCUT2D eigenvalue weighted by atomic mass is 10.0. The van der Waals surface area contributed by atoms with E-state index in [1.165, 1.54) is 6.33 Å². The van der Waals surface area contributed by atoms with Crippen molar-refractivity contribution in [3.8, 4) is 11.3 Å². The fourth-order valence-corrected chi connectivity index (χ4v) is 4.46. The highest BCUT2D eigenvalue weighted by molar-refractivity contribution is 5.99. The number of aromatic nitrogens is 5. The van der Waals surface area contributed by atoms with E-state index in [-0.39, 0.29) is 5.82 Å². The maximum absolute atomic E-state index is 12.8. The lowest BCUT2D eigenvalue weighted by Crippen LogP contribution is -2.44. The summed E-state index contributed by atoms with van der Waals surface area (Å²) in [7, 11) is 1.80. The molecule has 2 aliphatic rings. The summed E-state index contributed by atoms with van der Waals surface area (Å²) in [5.74, 6) is 0.0975. The number of aliphatic hydroxyl groups is 2. The van der Waals surface area contributed by atoms with E-state index < -0.39 is 30.4 Å². The van der Waals surface area contributed by atoms with Crippen molar-refractivity contribution < 1.29 is 24.5 Å². The molecule has 2 aliphatic heterocycles. The normalized spacial score (nSPS) is 26.2. The number of hydrogen-bond donors (Lipinski definition) is 4. The molecule has 5 rings (SSSR count). The average molecular weight is 457 g/mol. The van der Waals surface area contributed by atoms with Gasteiger partial charge < -0.3 is 35.3 Å². The fraction of sp³-hybridized carbons (Fsp3) is 0.524. The van der Waals surface area contributed by atoms with Gasteiger partial charge in [0.25, 0.3) is 5.91 Å². The van der Waals surface area contributed by atoms with Crippen LogP contribution in [0.2, 0.25) is 0 Å². The lowest BCUT2D eigenvalue weighted by molar-refractivity contribution is -0.137. The molecule has 0 aliphatic carbocycles. The number of carbonyl (C=O) groups excluding carboxylic acids is 1. The Morgan fingerprint density at radius 2 is 2.06 bits per heavy atom. The third-order valence-corrected chi connectivity index (χ3v) is 6.30. The number of rotatable bonds is 5. The van der Waals surface area contributed by atoms with Gasteiger partial charge in [0.15, 0.2) is 12.3 Å². The van der Waals surface area contributed by atoms with Crippen LogP contribution in [0.1, 0.15) is 19.1 Å². The minimum absolute atomic E-state index is 0.248. The van der Waals surface area contributed by atoms with E-state index in [1.54, 1.807) is 28.7 Å². The number of fused-ring (bicyclic) bond motifs is 1. The van der Waals surface area contributed by atoms with E-state index in [4.69, 9.17) is 15.2 Å². The first kappa shape index (κ1) is 21.8. The molecule has 2 fully saturated rings. The summed E-state index contributed by atoms with van der Waals surface area (Å²) >= 11 is 0. The average Bonchev–Trinajstić information content (AvgIpc) is 3.50. The molecule has 1 amide bonds. The molecule has 0 saturated carbocycles. The molecule has 33 heavy (non-hydrogen) atoms. The maximum Gasteiger partial charge on any atom is 0.252 e. The number of nitrogens with zero attached hydrogens (tertiary/aromatic N) is 5. The highest BCUT2D eigenvalue weighted by Gasteiger charge is 2.48. The Morgan fingerprint density at radius 3 is 2.79 bits per heavy atom. The third-order valence-electron chi connectivity index (χ3n) is 6.30. The summed E-state index contributed by atoms with van der Waals surface area (Å²) < 4.78 is 14.4. The highest BCUT2D eigenvalue weighted by atomic mass is 16.6. The van der Waals surface area contributed by atoms with Crippen molar-refractivity contribution in [3.05, 3.63) is 24.8 Å². The van der Waals surface area contributed by atoms with Gasteiger partial charge in [0, 0.05) is 44.8 Å². The second kappa shape index (κ2) is 8.71. The van der Waals surface area contributed by atoms with Crippen LogP contribution in [0.5, 0.6) is 0 Å². The molecule has 5 heterocycles. The molecular weight excluding hydrogens is 430 g/mol. The Labute approximate surface area is 189 Å². The van der Waals surface area contributed by atoms with Crippen LogP contribution in [0.3, 0.4) is 0 Å². The molecule has 0 bridgehead atoms. The fourth-order valence-electron chi connectivity index (χ4n) is 4.46. The predicted octanol–water partition coefficient (Wildman–Crippen LogP) is -0.424. The molecule has 12 heteroatoms. The second-order valence-electron chi connectivity index (χ2n) is 8.51. The first-order valence-corrected chi connectivity index (χ1v) is 10.9. The number of aryl methyl sites for hydroxylation is 1. The largest absolute Gasteiger partial charge is 0.387 e. The molecule has 4 atom stereocenters. The van der Waals surface area contributed by atoms with Crippen LogP contribution in [-0.2, 0) is 21.3 Å². The van der Waals surface area contributed by atoms with Crippen LogP contribution in [0.4, 0.5) is 5.82 Å². The number of amides is 1. The molecule has 5 N–H and O–H groups in total. The Balaban J connectivity index is 1.41. The smallest absolute Gasteiger partial charge is 0.252 e. The summed E-state index contributed by atoms with van der Waals surface area (Å²) in [4.78, 5) is 21.2. The lowest BCUT2D eigenvalue weighted by Gasteiger charge is -2.23. The SMILES string of the molecule is Cn1ccc(-c2cn([C@@H]3O[C@H](C(=O)NCC4CCOCC4)[C@@H](O)[C@H]3O)c3ncnc(N)c23)n1. The van der Waals surface area contributed by atoms with E-state index in [0.29, 0.717) is 48.0 Å². The number of nitrogen functional groups attached to an aromatic ring is 1. The zero-order valence-electron chi connectivity index (χ0n) is 18.2. The van der Waals surface area contributed by atoms with Crippen LogP contribution in [-0.4, -0.2) is 78.5 Å². The molecule has 0 radical (unpaired) electrons. The molecule has 12 nitrogen and oxygen atoms in total. The molecule has 0 aromatic carbocycles. The van der Waals surface area contributed by atoms with E-state index in [0.717, 1.165) is 12.8 Å². The minimum Gasteiger partial charge on any atom is -0.387 e. The summed E-state index contributed by atoms with van der Waals surface area (Å²) in [5, 5.41) is 29.2. The van der Waals surface area contributed by atoms with Crippen molar-refractivity contribution in [1.82, 2.24) is 29.6 Å². The second-order valence-corrected chi connectivity index (χ2v) is 8.51. The Kier molecular flexibility index (Phi) is 5.74. The van der Waals surface area contributed by atoms with E-state index >= 15 is 0 Å². The topological polar surface area (TPSA) is 163 Å². The van der Waals surface area contributed by atoms with Gasteiger partial charge in [-0.15, -0.1) is 0 Å². The van der Waals surface area contributed by atoms with Gasteiger partial charge in [-0.25, -0.2) is 9.97 Å². The van der Waals surface area contributed by atoms with Crippen LogP contribution in [0.25, 0.3) is 22.3 Å². The van der Waals surface area contributed by atoms with Crippen LogP contribution >= 0.6 is 0 Å². The van der Waals surface area contributed by atoms with Crippen molar-refractivity contribution in [2.75, 3.05) is 25.5 Å². The number of nitrogens with one attached hydrogen (secondary N) is 1. The van der Waals surface area contributed by atoms with E-state index in [1.807, 2.05) is 6.07 Å². The number of anilines is 1.